The van der Waals surface area contributed by atoms with Crippen molar-refractivity contribution >= 4 is 23.4 Å². The summed E-state index contributed by atoms with van der Waals surface area (Å²) in [5.41, 5.74) is 6.38. The van der Waals surface area contributed by atoms with Crippen LogP contribution in [0.1, 0.15) is 45.5 Å². The molecule has 5 rings (SSSR count). The lowest BCUT2D eigenvalue weighted by Gasteiger charge is -2.29. The van der Waals surface area contributed by atoms with E-state index in [0.29, 0.717) is 25.1 Å². The van der Waals surface area contributed by atoms with Gasteiger partial charge in [-0.1, -0.05) is 18.2 Å². The molecular formula is C23H24N4O3. The lowest BCUT2D eigenvalue weighted by molar-refractivity contribution is -0.136. The quantitative estimate of drug-likeness (QED) is 0.675. The van der Waals surface area contributed by atoms with Gasteiger partial charge in [-0.25, -0.2) is 0 Å². The van der Waals surface area contributed by atoms with Gasteiger partial charge in [0.1, 0.15) is 6.04 Å². The normalized spacial score (nSPS) is 20.6. The Morgan fingerprint density at radius 2 is 1.87 bits per heavy atom. The molecule has 3 heterocycles. The number of nitrogens with zero attached hydrogens (tertiary/aromatic N) is 1. The Labute approximate surface area is 174 Å². The van der Waals surface area contributed by atoms with Gasteiger partial charge in [0.2, 0.25) is 11.8 Å². The predicted octanol–water partition coefficient (Wildman–Crippen LogP) is 1.71. The summed E-state index contributed by atoms with van der Waals surface area (Å²) < 4.78 is 0. The van der Waals surface area contributed by atoms with Crippen LogP contribution in [0.15, 0.2) is 36.4 Å². The van der Waals surface area contributed by atoms with Crippen LogP contribution in [-0.4, -0.2) is 35.2 Å². The third kappa shape index (κ3) is 3.45. The second-order valence-corrected chi connectivity index (χ2v) is 8.16. The monoisotopic (exact) mass is 404 g/mol. The first-order valence-corrected chi connectivity index (χ1v) is 10.4. The van der Waals surface area contributed by atoms with E-state index in [0.717, 1.165) is 36.3 Å². The Bertz CT molecular complexity index is 1050. The molecule has 154 valence electrons. The van der Waals surface area contributed by atoms with Gasteiger partial charge in [0.15, 0.2) is 0 Å². The third-order valence-electron chi connectivity index (χ3n) is 6.18. The van der Waals surface area contributed by atoms with Gasteiger partial charge in [0.05, 0.1) is 0 Å². The van der Waals surface area contributed by atoms with E-state index >= 15 is 0 Å². The van der Waals surface area contributed by atoms with Crippen molar-refractivity contribution < 1.29 is 14.4 Å². The maximum absolute atomic E-state index is 12.9. The molecule has 0 spiro atoms. The molecule has 3 aliphatic rings. The highest BCUT2D eigenvalue weighted by atomic mass is 16.2. The van der Waals surface area contributed by atoms with Crippen molar-refractivity contribution in [1.29, 1.82) is 0 Å². The van der Waals surface area contributed by atoms with Crippen LogP contribution in [0.25, 0.3) is 0 Å². The average molecular weight is 404 g/mol. The van der Waals surface area contributed by atoms with Crippen molar-refractivity contribution in [1.82, 2.24) is 15.5 Å². The lowest BCUT2D eigenvalue weighted by atomic mass is 10.0. The summed E-state index contributed by atoms with van der Waals surface area (Å²) >= 11 is 0. The number of anilines is 1. The fourth-order valence-corrected chi connectivity index (χ4v) is 4.51. The van der Waals surface area contributed by atoms with Crippen LogP contribution in [0.2, 0.25) is 0 Å². The molecule has 3 N–H and O–H groups in total. The number of fused-ring (bicyclic) bond motifs is 2. The van der Waals surface area contributed by atoms with Crippen LogP contribution in [-0.2, 0) is 35.6 Å². The summed E-state index contributed by atoms with van der Waals surface area (Å²) in [6, 6.07) is 11.8. The maximum Gasteiger partial charge on any atom is 0.255 e. The molecule has 3 aliphatic heterocycles. The number of rotatable bonds is 4. The van der Waals surface area contributed by atoms with Gasteiger partial charge >= 0.3 is 0 Å². The molecule has 1 saturated heterocycles. The molecule has 1 unspecified atom stereocenters. The van der Waals surface area contributed by atoms with Crippen LogP contribution in [0.4, 0.5) is 5.69 Å². The van der Waals surface area contributed by atoms with Gasteiger partial charge in [-0.2, -0.15) is 0 Å². The molecule has 2 aromatic carbocycles. The molecule has 1 fully saturated rings. The Balaban J connectivity index is 1.28. The largest absolute Gasteiger partial charge is 0.381 e. The van der Waals surface area contributed by atoms with E-state index in [4.69, 9.17) is 0 Å². The first-order chi connectivity index (χ1) is 14.6. The van der Waals surface area contributed by atoms with E-state index < -0.39 is 6.04 Å². The smallest absolute Gasteiger partial charge is 0.255 e. The number of carbonyl (C=O) groups excluding carboxylic acids is 3. The SMILES string of the molecule is O=C1CCC(N2Cc3ccc(CNc4ccc5c(c4)CNCC5)cc3C2=O)C(=O)N1. The zero-order valence-electron chi connectivity index (χ0n) is 16.7. The molecule has 7 heteroatoms. The second kappa shape index (κ2) is 7.57. The van der Waals surface area contributed by atoms with E-state index in [1.54, 1.807) is 4.90 Å². The first-order valence-electron chi connectivity index (χ1n) is 10.4. The summed E-state index contributed by atoms with van der Waals surface area (Å²) in [4.78, 5) is 38.1. The molecule has 0 saturated carbocycles. The molecule has 7 nitrogen and oxygen atoms in total. The molecule has 2 aromatic rings. The average Bonchev–Trinajstić information content (AvgIpc) is 3.08. The van der Waals surface area contributed by atoms with Gasteiger partial charge in [0.25, 0.3) is 5.91 Å². The minimum Gasteiger partial charge on any atom is -0.381 e. The zero-order chi connectivity index (χ0) is 20.7. The summed E-state index contributed by atoms with van der Waals surface area (Å²) in [5.74, 6) is -0.788. The first kappa shape index (κ1) is 18.8. The minimum absolute atomic E-state index is 0.138. The van der Waals surface area contributed by atoms with Crippen LogP contribution < -0.4 is 16.0 Å². The Morgan fingerprint density at radius 1 is 1.00 bits per heavy atom. The summed E-state index contributed by atoms with van der Waals surface area (Å²) in [5, 5.41) is 9.18. The Morgan fingerprint density at radius 3 is 2.73 bits per heavy atom. The highest BCUT2D eigenvalue weighted by molar-refractivity contribution is 6.05. The van der Waals surface area contributed by atoms with Crippen LogP contribution in [0.5, 0.6) is 0 Å². The molecule has 3 amide bonds. The van der Waals surface area contributed by atoms with E-state index in [1.165, 1.54) is 11.1 Å². The van der Waals surface area contributed by atoms with Crippen molar-refractivity contribution in [3.63, 3.8) is 0 Å². The number of hydrogen-bond acceptors (Lipinski definition) is 5. The van der Waals surface area contributed by atoms with E-state index in [-0.39, 0.29) is 24.1 Å². The predicted molar refractivity (Wildman–Crippen MR) is 112 cm³/mol. The third-order valence-corrected chi connectivity index (χ3v) is 6.18. The molecule has 30 heavy (non-hydrogen) atoms. The number of carbonyl (C=O) groups is 3. The van der Waals surface area contributed by atoms with Crippen molar-refractivity contribution in [2.75, 3.05) is 11.9 Å². The standard InChI is InChI=1S/C23H24N4O3/c28-21-6-5-20(22(29)26-21)27-13-16-2-1-14(9-19(16)23(27)30)11-25-18-4-3-15-7-8-24-12-17(15)10-18/h1-4,9-10,20,24-25H,5-8,11-13H2,(H,26,28,29). The van der Waals surface area contributed by atoms with Gasteiger partial charge in [-0.05, 0) is 59.8 Å². The van der Waals surface area contributed by atoms with Crippen molar-refractivity contribution in [2.24, 2.45) is 0 Å². The number of piperidine rings is 1. The molecular weight excluding hydrogens is 380 g/mol. The topological polar surface area (TPSA) is 90.5 Å². The summed E-state index contributed by atoms with van der Waals surface area (Å²) in [6.45, 7) is 2.95. The Hall–Kier alpha value is -3.19. The van der Waals surface area contributed by atoms with Gasteiger partial charge in [-0.3, -0.25) is 19.7 Å². The molecule has 0 aromatic heterocycles. The molecule has 1 atom stereocenters. The fourth-order valence-electron chi connectivity index (χ4n) is 4.51. The lowest BCUT2D eigenvalue weighted by Crippen LogP contribution is -2.52. The van der Waals surface area contributed by atoms with E-state index in [2.05, 4.69) is 34.1 Å². The highest BCUT2D eigenvalue weighted by Crippen LogP contribution is 2.28. The van der Waals surface area contributed by atoms with Crippen molar-refractivity contribution in [3.05, 3.63) is 64.2 Å². The molecule has 0 radical (unpaired) electrons. The van der Waals surface area contributed by atoms with Crippen LogP contribution >= 0.6 is 0 Å². The van der Waals surface area contributed by atoms with Gasteiger partial charge < -0.3 is 15.5 Å². The van der Waals surface area contributed by atoms with Crippen LogP contribution in [0.3, 0.4) is 0 Å². The minimum atomic E-state index is -0.576. The van der Waals surface area contributed by atoms with Gasteiger partial charge in [0, 0.05) is 37.3 Å². The highest BCUT2D eigenvalue weighted by Gasteiger charge is 2.39. The number of hydrogen-bond donors (Lipinski definition) is 3. The fraction of sp³-hybridized carbons (Fsp3) is 0.348. The van der Waals surface area contributed by atoms with E-state index in [1.807, 2.05) is 18.2 Å². The maximum atomic E-state index is 12.9. The number of imide groups is 1. The van der Waals surface area contributed by atoms with Crippen LogP contribution in [0, 0.1) is 0 Å². The summed E-state index contributed by atoms with van der Waals surface area (Å²) in [7, 11) is 0. The zero-order valence-corrected chi connectivity index (χ0v) is 16.7. The van der Waals surface area contributed by atoms with Crippen molar-refractivity contribution in [3.8, 4) is 0 Å². The number of benzene rings is 2. The molecule has 0 bridgehead atoms. The number of amides is 3. The second-order valence-electron chi connectivity index (χ2n) is 8.16. The van der Waals surface area contributed by atoms with Gasteiger partial charge in [-0.15, -0.1) is 0 Å². The Kier molecular flexibility index (Phi) is 4.75. The number of nitrogens with one attached hydrogen (secondary N) is 3. The summed E-state index contributed by atoms with van der Waals surface area (Å²) in [6.07, 6.45) is 1.71. The molecule has 0 aliphatic carbocycles. The van der Waals surface area contributed by atoms with Crippen molar-refractivity contribution in [2.45, 2.75) is 44.9 Å². The van der Waals surface area contributed by atoms with E-state index in [9.17, 15) is 14.4 Å².